The minimum absolute atomic E-state index is 0. The molecule has 0 spiro atoms. The maximum Gasteiger partial charge on any atom is 0.311 e. The van der Waals surface area contributed by atoms with Crippen LogP contribution in [0.2, 0.25) is 0 Å². The Kier molecular flexibility index (Phi) is 31.5. The molecule has 1 aromatic carbocycles. The number of rotatable bonds is 15. The quantitative estimate of drug-likeness (QED) is 0.108. The number of aliphatic carboxylic acids is 1. The first-order valence-electron chi connectivity index (χ1n) is 16.8. The molecule has 1 N–H and O–H groups in total. The minimum atomic E-state index is -0.722. The Morgan fingerprint density at radius 1 is 0.612 bits per heavy atom. The van der Waals surface area contributed by atoms with E-state index in [1.54, 1.807) is 21.0 Å². The minimum Gasteiger partial charge on any atom is -0.481 e. The number of hydrogen-bond donors (Lipinski definition) is 1. The highest BCUT2D eigenvalue weighted by Gasteiger charge is 2.28. The first kappa shape index (κ1) is 55.5. The predicted molar refractivity (Wildman–Crippen MR) is 202 cm³/mol. The van der Waals surface area contributed by atoms with Crippen LogP contribution in [-0.2, 0) is 44.7 Å². The predicted octanol–water partition coefficient (Wildman–Crippen LogP) is 10.2. The molecule has 1 rings (SSSR count). The van der Waals surface area contributed by atoms with Gasteiger partial charge in [-0.1, -0.05) is 86.7 Å². The first-order chi connectivity index (χ1) is 21.5. The van der Waals surface area contributed by atoms with Crippen LogP contribution in [0.1, 0.15) is 143 Å². The van der Waals surface area contributed by atoms with Crippen molar-refractivity contribution in [2.75, 3.05) is 26.9 Å². The lowest BCUT2D eigenvalue weighted by Gasteiger charge is -2.20. The summed E-state index contributed by atoms with van der Waals surface area (Å²) in [5.74, 6) is -0.670. The normalized spacial score (nSPS) is 10.9. The maximum atomic E-state index is 11.6. The summed E-state index contributed by atoms with van der Waals surface area (Å²) in [6.07, 6.45) is 3.09. The molecule has 0 amide bonds. The van der Waals surface area contributed by atoms with Gasteiger partial charge in [-0.05, 0) is 92.6 Å². The van der Waals surface area contributed by atoms with Crippen LogP contribution in [0.4, 0.5) is 0 Å². The SMILES string of the molecule is C.C.CCC(C)(C)C(=O)O.CCC(C)(C)C(=O)OCC(C)C.CCC(C)(C)C(=O)OCCOC.CCC(C)(C)C(=O)OCc1ccccc1. The summed E-state index contributed by atoms with van der Waals surface area (Å²) in [6, 6.07) is 9.72. The van der Waals surface area contributed by atoms with Crippen LogP contribution < -0.4 is 0 Å². The molecule has 0 radical (unpaired) electrons. The van der Waals surface area contributed by atoms with E-state index in [4.69, 9.17) is 24.1 Å². The highest BCUT2D eigenvalue weighted by molar-refractivity contribution is 5.76. The summed E-state index contributed by atoms with van der Waals surface area (Å²) in [7, 11) is 1.58. The van der Waals surface area contributed by atoms with Gasteiger partial charge in [-0.3, -0.25) is 19.2 Å². The van der Waals surface area contributed by atoms with Crippen molar-refractivity contribution < 1.29 is 43.2 Å². The molecule has 0 aliphatic heterocycles. The van der Waals surface area contributed by atoms with Crippen molar-refractivity contribution in [1.82, 2.24) is 0 Å². The van der Waals surface area contributed by atoms with Crippen LogP contribution in [0, 0.1) is 27.6 Å². The van der Waals surface area contributed by atoms with Crippen LogP contribution in [-0.4, -0.2) is 55.9 Å². The number of ether oxygens (including phenoxy) is 4. The first-order valence-corrected chi connectivity index (χ1v) is 16.8. The molecule has 0 bridgehead atoms. The second kappa shape index (κ2) is 27.8. The number of carbonyl (C=O) groups excluding carboxylic acids is 3. The monoisotopic (exact) mass is 701 g/mol. The molecule has 9 heteroatoms. The molecule has 0 unspecified atom stereocenters. The second-order valence-corrected chi connectivity index (χ2v) is 14.4. The van der Waals surface area contributed by atoms with Gasteiger partial charge in [0.05, 0.1) is 34.9 Å². The van der Waals surface area contributed by atoms with E-state index in [0.29, 0.717) is 38.8 Å². The molecule has 0 aliphatic carbocycles. The molecule has 0 aromatic heterocycles. The number of hydrogen-bond acceptors (Lipinski definition) is 8. The Hall–Kier alpha value is -2.94. The van der Waals surface area contributed by atoms with Crippen molar-refractivity contribution in [2.24, 2.45) is 27.6 Å². The number of methoxy groups -OCH3 is 1. The average molecular weight is 701 g/mol. The van der Waals surface area contributed by atoms with Gasteiger partial charge in [0.25, 0.3) is 0 Å². The van der Waals surface area contributed by atoms with Crippen molar-refractivity contribution >= 4 is 23.9 Å². The van der Waals surface area contributed by atoms with Gasteiger partial charge >= 0.3 is 23.9 Å². The van der Waals surface area contributed by atoms with Gasteiger partial charge in [0.1, 0.15) is 13.2 Å². The zero-order valence-corrected chi connectivity index (χ0v) is 32.3. The van der Waals surface area contributed by atoms with Gasteiger partial charge in [-0.2, -0.15) is 0 Å². The van der Waals surface area contributed by atoms with E-state index < -0.39 is 11.4 Å². The Balaban J connectivity index is -0.000000177. The van der Waals surface area contributed by atoms with E-state index in [0.717, 1.165) is 24.8 Å². The lowest BCUT2D eigenvalue weighted by Crippen LogP contribution is -2.26. The highest BCUT2D eigenvalue weighted by atomic mass is 16.6. The van der Waals surface area contributed by atoms with Crippen LogP contribution in [0.25, 0.3) is 0 Å². The standard InChI is InChI=1S/C13H18O2.C10H20O2.C9H18O3.C6H12O2.2CH4/c1-4-13(2,3)12(14)15-10-11-8-6-5-7-9-11;1-6-10(4,5)9(11)12-7-8(2)3;1-5-9(2,3)8(10)12-7-6-11-4;1-4-6(2,3)5(7)8;;/h5-9H,4,10H2,1-3H3;8H,6-7H2,1-5H3;5-7H2,1-4H3;4H2,1-3H3,(H,7,8);2*1H4. The summed E-state index contributed by atoms with van der Waals surface area (Å²) < 4.78 is 20.1. The topological polar surface area (TPSA) is 125 Å². The molecule has 0 heterocycles. The van der Waals surface area contributed by atoms with Gasteiger partial charge in [0.15, 0.2) is 0 Å². The zero-order valence-electron chi connectivity index (χ0n) is 32.3. The molecule has 0 fully saturated rings. The van der Waals surface area contributed by atoms with E-state index in [-0.39, 0.29) is 49.0 Å². The smallest absolute Gasteiger partial charge is 0.311 e. The third kappa shape index (κ3) is 26.6. The molecule has 0 atom stereocenters. The summed E-state index contributed by atoms with van der Waals surface area (Å²) in [4.78, 5) is 44.6. The molecular formula is C40H76O9. The molecular weight excluding hydrogens is 624 g/mol. The van der Waals surface area contributed by atoms with Crippen molar-refractivity contribution in [1.29, 1.82) is 0 Å². The van der Waals surface area contributed by atoms with Crippen molar-refractivity contribution in [3.05, 3.63) is 35.9 Å². The van der Waals surface area contributed by atoms with Gasteiger partial charge in [0.2, 0.25) is 0 Å². The highest BCUT2D eigenvalue weighted by Crippen LogP contribution is 2.23. The van der Waals surface area contributed by atoms with Gasteiger partial charge in [-0.25, -0.2) is 0 Å². The number of esters is 3. The Morgan fingerprint density at radius 2 is 0.980 bits per heavy atom. The van der Waals surface area contributed by atoms with Crippen LogP contribution in [0.3, 0.4) is 0 Å². The maximum absolute atomic E-state index is 11.6. The molecule has 1 aromatic rings. The Morgan fingerprint density at radius 3 is 1.29 bits per heavy atom. The fourth-order valence-electron chi connectivity index (χ4n) is 2.35. The molecule has 0 aliphatic rings. The second-order valence-electron chi connectivity index (χ2n) is 14.4. The third-order valence-electron chi connectivity index (χ3n) is 8.05. The lowest BCUT2D eigenvalue weighted by atomic mass is 9.91. The summed E-state index contributed by atoms with van der Waals surface area (Å²) in [6.45, 7) is 28.4. The summed E-state index contributed by atoms with van der Waals surface area (Å²) >= 11 is 0. The third-order valence-corrected chi connectivity index (χ3v) is 8.05. The van der Waals surface area contributed by atoms with Gasteiger partial charge in [-0.15, -0.1) is 0 Å². The van der Waals surface area contributed by atoms with Gasteiger partial charge in [0, 0.05) is 7.11 Å². The molecule has 0 saturated heterocycles. The lowest BCUT2D eigenvalue weighted by molar-refractivity contribution is -0.156. The summed E-state index contributed by atoms with van der Waals surface area (Å²) in [5, 5.41) is 8.44. The number of carboxylic acid groups (broad SMARTS) is 1. The van der Waals surface area contributed by atoms with Crippen molar-refractivity contribution in [2.45, 2.75) is 144 Å². The molecule has 49 heavy (non-hydrogen) atoms. The van der Waals surface area contributed by atoms with E-state index in [2.05, 4.69) is 0 Å². The van der Waals surface area contributed by atoms with Crippen LogP contribution in [0.5, 0.6) is 0 Å². The zero-order chi connectivity index (χ0) is 37.5. The fourth-order valence-corrected chi connectivity index (χ4v) is 2.35. The number of carboxylic acids is 1. The average Bonchev–Trinajstić information content (AvgIpc) is 3.03. The number of benzene rings is 1. The van der Waals surface area contributed by atoms with E-state index in [9.17, 15) is 19.2 Å². The molecule has 9 nitrogen and oxygen atoms in total. The summed E-state index contributed by atoms with van der Waals surface area (Å²) in [5.41, 5.74) is -0.588. The van der Waals surface area contributed by atoms with E-state index >= 15 is 0 Å². The number of carbonyl (C=O) groups is 4. The largest absolute Gasteiger partial charge is 0.481 e. The Labute approximate surface area is 301 Å². The molecule has 290 valence electrons. The van der Waals surface area contributed by atoms with Crippen molar-refractivity contribution in [3.8, 4) is 0 Å². The van der Waals surface area contributed by atoms with Gasteiger partial charge < -0.3 is 24.1 Å². The fraction of sp³-hybridized carbons (Fsp3) is 0.750. The van der Waals surface area contributed by atoms with E-state index in [1.807, 2.05) is 113 Å². The van der Waals surface area contributed by atoms with E-state index in [1.165, 1.54) is 0 Å². The van der Waals surface area contributed by atoms with Crippen LogP contribution >= 0.6 is 0 Å². The molecule has 0 saturated carbocycles. The van der Waals surface area contributed by atoms with Crippen LogP contribution in [0.15, 0.2) is 30.3 Å². The Bertz CT molecular complexity index is 1010. The van der Waals surface area contributed by atoms with Crippen molar-refractivity contribution in [3.63, 3.8) is 0 Å².